The van der Waals surface area contributed by atoms with Crippen LogP contribution >= 0.6 is 0 Å². The third-order valence-corrected chi connectivity index (χ3v) is 6.99. The minimum atomic E-state index is -0.309. The van der Waals surface area contributed by atoms with Crippen LogP contribution in [0.5, 0.6) is 0 Å². The number of aromatic nitrogens is 3. The van der Waals surface area contributed by atoms with Gasteiger partial charge >= 0.3 is 6.09 Å². The third kappa shape index (κ3) is 3.56. The summed E-state index contributed by atoms with van der Waals surface area (Å²) in [6.45, 7) is 3.35. The Hall–Kier alpha value is -4.35. The van der Waals surface area contributed by atoms with E-state index in [-0.39, 0.29) is 18.2 Å². The molecule has 2 aliphatic heterocycles. The summed E-state index contributed by atoms with van der Waals surface area (Å²) in [4.78, 5) is 21.3. The lowest BCUT2D eigenvalue weighted by atomic mass is 10.1. The van der Waals surface area contributed by atoms with Crippen molar-refractivity contribution in [2.24, 2.45) is 0 Å². The minimum Gasteiger partial charge on any atom is -0.442 e. The number of nitriles is 1. The average Bonchev–Trinajstić information content (AvgIpc) is 3.55. The van der Waals surface area contributed by atoms with Crippen LogP contribution in [-0.4, -0.2) is 57.9 Å². The van der Waals surface area contributed by atoms with Crippen LogP contribution in [0, 0.1) is 11.3 Å². The van der Waals surface area contributed by atoms with E-state index in [2.05, 4.69) is 44.6 Å². The van der Waals surface area contributed by atoms with Crippen LogP contribution in [0.2, 0.25) is 0 Å². The first-order valence-corrected chi connectivity index (χ1v) is 12.0. The zero-order valence-electron chi connectivity index (χ0n) is 20.4. The van der Waals surface area contributed by atoms with Crippen molar-refractivity contribution in [3.63, 3.8) is 0 Å². The molecule has 2 atom stereocenters. The van der Waals surface area contributed by atoms with Crippen LogP contribution in [0.15, 0.2) is 67.1 Å². The molecule has 4 aromatic rings. The number of ether oxygens (including phenoxy) is 1. The minimum absolute atomic E-state index is 0.0716. The van der Waals surface area contributed by atoms with E-state index >= 15 is 0 Å². The highest BCUT2D eigenvalue weighted by molar-refractivity contribution is 5.91. The molecule has 1 fully saturated rings. The van der Waals surface area contributed by atoms with Crippen molar-refractivity contribution >= 4 is 11.8 Å². The van der Waals surface area contributed by atoms with Gasteiger partial charge in [0.1, 0.15) is 6.10 Å². The third-order valence-electron chi connectivity index (χ3n) is 6.99. The average molecular weight is 479 g/mol. The first kappa shape index (κ1) is 22.1. The van der Waals surface area contributed by atoms with E-state index < -0.39 is 0 Å². The summed E-state index contributed by atoms with van der Waals surface area (Å²) < 4.78 is 9.99. The number of carbonyl (C=O) groups is 1. The fourth-order valence-corrected chi connectivity index (χ4v) is 5.19. The second-order valence-electron chi connectivity index (χ2n) is 9.66. The molecule has 180 valence electrons. The van der Waals surface area contributed by atoms with E-state index in [1.54, 1.807) is 4.90 Å². The molecule has 0 N–H and O–H groups in total. The van der Waals surface area contributed by atoms with Crippen molar-refractivity contribution in [2.45, 2.75) is 25.6 Å². The largest absolute Gasteiger partial charge is 0.442 e. The molecular weight excluding hydrogens is 452 g/mol. The fourth-order valence-electron chi connectivity index (χ4n) is 5.19. The molecule has 0 spiro atoms. The van der Waals surface area contributed by atoms with Crippen molar-refractivity contribution in [1.82, 2.24) is 19.0 Å². The Balaban J connectivity index is 1.40. The Kier molecular flexibility index (Phi) is 5.16. The van der Waals surface area contributed by atoms with Gasteiger partial charge in [-0.2, -0.15) is 5.26 Å². The van der Waals surface area contributed by atoms with Crippen molar-refractivity contribution in [1.29, 1.82) is 5.26 Å². The molecule has 0 saturated carbocycles. The van der Waals surface area contributed by atoms with Gasteiger partial charge in [-0.05, 0) is 68.5 Å². The number of rotatable bonds is 4. The van der Waals surface area contributed by atoms with Gasteiger partial charge in [0.25, 0.3) is 0 Å². The number of fused-ring (bicyclic) bond motifs is 5. The molecular formula is C28H26N6O2. The van der Waals surface area contributed by atoms with Crippen LogP contribution < -0.4 is 4.90 Å². The van der Waals surface area contributed by atoms with Gasteiger partial charge in [0.15, 0.2) is 5.82 Å². The maximum Gasteiger partial charge on any atom is 0.415 e. The summed E-state index contributed by atoms with van der Waals surface area (Å²) >= 11 is 0. The number of anilines is 1. The Labute approximate surface area is 209 Å². The van der Waals surface area contributed by atoms with Crippen molar-refractivity contribution in [3.8, 4) is 34.4 Å². The van der Waals surface area contributed by atoms with E-state index in [0.717, 1.165) is 39.6 Å². The van der Waals surface area contributed by atoms with Gasteiger partial charge in [-0.1, -0.05) is 12.1 Å². The number of hydrogen-bond donors (Lipinski definition) is 0. The summed E-state index contributed by atoms with van der Waals surface area (Å²) in [5.41, 5.74) is 6.71. The number of likely N-dealkylation sites (N-methyl/N-ethyl adjacent to an activating group) is 1. The highest BCUT2D eigenvalue weighted by atomic mass is 16.6. The maximum absolute atomic E-state index is 12.8. The summed E-state index contributed by atoms with van der Waals surface area (Å²) in [5, 5.41) is 9.13. The first-order valence-electron chi connectivity index (χ1n) is 12.0. The molecule has 4 heterocycles. The van der Waals surface area contributed by atoms with Gasteiger partial charge < -0.3 is 14.2 Å². The maximum atomic E-state index is 12.8. The molecule has 0 radical (unpaired) electrons. The molecule has 2 aromatic heterocycles. The Morgan fingerprint density at radius 2 is 1.94 bits per heavy atom. The highest BCUT2D eigenvalue weighted by Gasteiger charge is 2.40. The zero-order chi connectivity index (χ0) is 25.0. The van der Waals surface area contributed by atoms with Crippen LogP contribution in [0.4, 0.5) is 10.5 Å². The number of carbonyl (C=O) groups excluding carboxylic acids is 1. The summed E-state index contributed by atoms with van der Waals surface area (Å²) in [6.07, 6.45) is 5.41. The summed E-state index contributed by atoms with van der Waals surface area (Å²) in [7, 11) is 3.96. The Bertz CT molecular complexity index is 1510. The second kappa shape index (κ2) is 8.40. The number of amides is 1. The molecule has 0 unspecified atom stereocenters. The van der Waals surface area contributed by atoms with Gasteiger partial charge in [0.05, 0.1) is 29.1 Å². The SMILES string of the molecule is C[C@H]1[C@@H](CN(C)C)OC(=O)N1c1ccc2c(c1)Cn1cc(-c3ccc(C#N)cc3)cc1-c1nccn1-2. The number of cyclic esters (lactones) is 1. The van der Waals surface area contributed by atoms with Gasteiger partial charge in [0.2, 0.25) is 0 Å². The molecule has 8 nitrogen and oxygen atoms in total. The van der Waals surface area contributed by atoms with Crippen molar-refractivity contribution in [3.05, 3.63) is 78.2 Å². The molecule has 0 bridgehead atoms. The molecule has 1 saturated heterocycles. The van der Waals surface area contributed by atoms with E-state index in [9.17, 15) is 4.79 Å². The molecule has 0 aliphatic carbocycles. The predicted molar refractivity (Wildman–Crippen MR) is 137 cm³/mol. The van der Waals surface area contributed by atoms with Gasteiger partial charge in [-0.15, -0.1) is 0 Å². The topological polar surface area (TPSA) is 79.3 Å². The molecule has 1 amide bonds. The molecule has 2 aliphatic rings. The molecule has 36 heavy (non-hydrogen) atoms. The predicted octanol–water partition coefficient (Wildman–Crippen LogP) is 4.52. The number of imidazole rings is 1. The van der Waals surface area contributed by atoms with Crippen molar-refractivity contribution in [2.75, 3.05) is 25.5 Å². The Morgan fingerprint density at radius 1 is 1.14 bits per heavy atom. The van der Waals surface area contributed by atoms with Crippen LogP contribution in [-0.2, 0) is 11.3 Å². The molecule has 8 heteroatoms. The Morgan fingerprint density at radius 3 is 2.69 bits per heavy atom. The van der Waals surface area contributed by atoms with E-state index in [0.29, 0.717) is 18.7 Å². The van der Waals surface area contributed by atoms with Gasteiger partial charge in [-0.3, -0.25) is 9.47 Å². The monoisotopic (exact) mass is 478 g/mol. The van der Waals surface area contributed by atoms with Crippen LogP contribution in [0.3, 0.4) is 0 Å². The fraction of sp³-hybridized carbons (Fsp3) is 0.250. The number of benzene rings is 2. The lowest BCUT2D eigenvalue weighted by Crippen LogP contribution is -2.38. The molecule has 2 aromatic carbocycles. The summed E-state index contributed by atoms with van der Waals surface area (Å²) in [6, 6.07) is 18.0. The summed E-state index contributed by atoms with van der Waals surface area (Å²) in [5.74, 6) is 0.862. The normalized spacial score (nSPS) is 18.3. The van der Waals surface area contributed by atoms with Crippen LogP contribution in [0.1, 0.15) is 18.1 Å². The first-order chi connectivity index (χ1) is 17.4. The number of hydrogen-bond acceptors (Lipinski definition) is 5. The molecule has 6 rings (SSSR count). The standard InChI is InChI=1S/C28H26N6O2/c1-18-26(17-31(2)3)36-28(35)34(18)23-8-9-24-22(12-23)16-32-15-21(20-6-4-19(14-29)5-7-20)13-25(32)27-30-10-11-33(24)27/h4-13,15,18,26H,16-17H2,1-3H3/t18-,26+/m0/s1. The van der Waals surface area contributed by atoms with E-state index in [1.165, 1.54) is 0 Å². The van der Waals surface area contributed by atoms with E-state index in [1.807, 2.05) is 68.6 Å². The number of nitrogens with zero attached hydrogens (tertiary/aromatic N) is 6. The second-order valence-corrected chi connectivity index (χ2v) is 9.66. The van der Waals surface area contributed by atoms with Gasteiger partial charge in [0, 0.05) is 42.9 Å². The lowest BCUT2D eigenvalue weighted by Gasteiger charge is -2.23. The smallest absolute Gasteiger partial charge is 0.415 e. The highest BCUT2D eigenvalue weighted by Crippen LogP contribution is 2.36. The lowest BCUT2D eigenvalue weighted by molar-refractivity contribution is 0.113. The zero-order valence-corrected chi connectivity index (χ0v) is 20.4. The van der Waals surface area contributed by atoms with Gasteiger partial charge in [-0.25, -0.2) is 9.78 Å². The van der Waals surface area contributed by atoms with Crippen LogP contribution in [0.25, 0.3) is 28.3 Å². The van der Waals surface area contributed by atoms with E-state index in [4.69, 9.17) is 10.00 Å². The quantitative estimate of drug-likeness (QED) is 0.380. The van der Waals surface area contributed by atoms with Crippen molar-refractivity contribution < 1.29 is 9.53 Å².